The van der Waals surface area contributed by atoms with Crippen LogP contribution in [-0.4, -0.2) is 26.1 Å². The summed E-state index contributed by atoms with van der Waals surface area (Å²) in [5.74, 6) is 1.91. The molecule has 0 aliphatic heterocycles. The average Bonchev–Trinajstić information content (AvgIpc) is 2.59. The number of hydrogen-bond acceptors (Lipinski definition) is 4. The van der Waals surface area contributed by atoms with Gasteiger partial charge in [-0.05, 0) is 50.4 Å². The van der Waals surface area contributed by atoms with Crippen LogP contribution in [0.1, 0.15) is 13.8 Å². The summed E-state index contributed by atoms with van der Waals surface area (Å²) in [6.45, 7) is 5.06. The number of rotatable bonds is 8. The first-order valence-electron chi connectivity index (χ1n) is 8.09. The third-order valence-corrected chi connectivity index (χ3v) is 3.47. The summed E-state index contributed by atoms with van der Waals surface area (Å²) < 4.78 is 11.3. The molecule has 1 amide bonds. The standard InChI is InChI=1S/C19H24N2O3/c1-4-23-15-9-11-16(12-10-15)24-18-8-6-5-7-17(18)21-19(22)14(2)13-20-3/h5-12,14,20H,4,13H2,1-3H3,(H,21,22). The lowest BCUT2D eigenvalue weighted by Gasteiger charge is -2.15. The van der Waals surface area contributed by atoms with Crippen molar-refractivity contribution in [2.45, 2.75) is 13.8 Å². The summed E-state index contributed by atoms with van der Waals surface area (Å²) in [6.07, 6.45) is 0. The lowest BCUT2D eigenvalue weighted by molar-refractivity contribution is -0.119. The smallest absolute Gasteiger partial charge is 0.228 e. The van der Waals surface area contributed by atoms with E-state index in [0.717, 1.165) is 5.75 Å². The van der Waals surface area contributed by atoms with Crippen molar-refractivity contribution >= 4 is 11.6 Å². The van der Waals surface area contributed by atoms with Gasteiger partial charge in [-0.1, -0.05) is 19.1 Å². The minimum absolute atomic E-state index is 0.0490. The minimum Gasteiger partial charge on any atom is -0.494 e. The Balaban J connectivity index is 2.09. The molecule has 0 fully saturated rings. The van der Waals surface area contributed by atoms with Gasteiger partial charge < -0.3 is 20.1 Å². The van der Waals surface area contributed by atoms with Crippen LogP contribution in [0.15, 0.2) is 48.5 Å². The van der Waals surface area contributed by atoms with Gasteiger partial charge in [0.2, 0.25) is 5.91 Å². The van der Waals surface area contributed by atoms with E-state index in [0.29, 0.717) is 30.3 Å². The Morgan fingerprint density at radius 2 is 1.75 bits per heavy atom. The first-order valence-corrected chi connectivity index (χ1v) is 8.09. The van der Waals surface area contributed by atoms with Gasteiger partial charge in [-0.2, -0.15) is 0 Å². The fraction of sp³-hybridized carbons (Fsp3) is 0.316. The molecule has 0 spiro atoms. The molecule has 0 saturated heterocycles. The van der Waals surface area contributed by atoms with Crippen LogP contribution in [0.4, 0.5) is 5.69 Å². The maximum absolute atomic E-state index is 12.2. The number of para-hydroxylation sites is 2. The van der Waals surface area contributed by atoms with Gasteiger partial charge in [0.15, 0.2) is 5.75 Å². The number of carbonyl (C=O) groups excluding carboxylic acids is 1. The molecule has 2 aromatic rings. The molecule has 0 radical (unpaired) electrons. The molecule has 0 saturated carbocycles. The SMILES string of the molecule is CCOc1ccc(Oc2ccccc2NC(=O)C(C)CNC)cc1. The number of nitrogens with one attached hydrogen (secondary N) is 2. The van der Waals surface area contributed by atoms with E-state index >= 15 is 0 Å². The number of carbonyl (C=O) groups is 1. The van der Waals surface area contributed by atoms with Gasteiger partial charge in [0.1, 0.15) is 11.5 Å². The molecule has 0 heterocycles. The van der Waals surface area contributed by atoms with Crippen molar-refractivity contribution in [2.75, 3.05) is 25.5 Å². The van der Waals surface area contributed by atoms with Crippen molar-refractivity contribution in [3.8, 4) is 17.2 Å². The highest BCUT2D eigenvalue weighted by atomic mass is 16.5. The first kappa shape index (κ1) is 17.8. The normalized spacial score (nSPS) is 11.6. The Morgan fingerprint density at radius 1 is 1.08 bits per heavy atom. The Morgan fingerprint density at radius 3 is 2.42 bits per heavy atom. The van der Waals surface area contributed by atoms with Crippen molar-refractivity contribution < 1.29 is 14.3 Å². The lowest BCUT2D eigenvalue weighted by Crippen LogP contribution is -2.28. The van der Waals surface area contributed by atoms with Gasteiger partial charge in [0.25, 0.3) is 0 Å². The van der Waals surface area contributed by atoms with Gasteiger partial charge in [0, 0.05) is 12.5 Å². The summed E-state index contributed by atoms with van der Waals surface area (Å²) in [5.41, 5.74) is 0.652. The van der Waals surface area contributed by atoms with E-state index in [4.69, 9.17) is 9.47 Å². The molecule has 0 aliphatic rings. The highest BCUT2D eigenvalue weighted by Crippen LogP contribution is 2.30. The molecular formula is C19H24N2O3. The van der Waals surface area contributed by atoms with E-state index < -0.39 is 0 Å². The van der Waals surface area contributed by atoms with E-state index in [1.54, 1.807) is 0 Å². The molecule has 5 heteroatoms. The maximum atomic E-state index is 12.2. The van der Waals surface area contributed by atoms with E-state index in [1.807, 2.05) is 69.4 Å². The van der Waals surface area contributed by atoms with Crippen molar-refractivity contribution in [2.24, 2.45) is 5.92 Å². The second kappa shape index (κ2) is 8.93. The highest BCUT2D eigenvalue weighted by molar-refractivity contribution is 5.93. The van der Waals surface area contributed by atoms with E-state index in [2.05, 4.69) is 10.6 Å². The second-order valence-electron chi connectivity index (χ2n) is 5.45. The van der Waals surface area contributed by atoms with Crippen LogP contribution in [0.5, 0.6) is 17.2 Å². The van der Waals surface area contributed by atoms with E-state index in [1.165, 1.54) is 0 Å². The van der Waals surface area contributed by atoms with Crippen LogP contribution < -0.4 is 20.1 Å². The first-order chi connectivity index (χ1) is 11.6. The fourth-order valence-electron chi connectivity index (χ4n) is 2.21. The molecule has 1 unspecified atom stereocenters. The van der Waals surface area contributed by atoms with E-state index in [9.17, 15) is 4.79 Å². The molecule has 24 heavy (non-hydrogen) atoms. The van der Waals surface area contributed by atoms with Gasteiger partial charge in [-0.3, -0.25) is 4.79 Å². The van der Waals surface area contributed by atoms with Gasteiger partial charge >= 0.3 is 0 Å². The van der Waals surface area contributed by atoms with Crippen molar-refractivity contribution in [3.05, 3.63) is 48.5 Å². The predicted molar refractivity (Wildman–Crippen MR) is 95.8 cm³/mol. The van der Waals surface area contributed by atoms with Crippen molar-refractivity contribution in [1.29, 1.82) is 0 Å². The number of hydrogen-bond donors (Lipinski definition) is 2. The Kier molecular flexibility index (Phi) is 6.63. The quantitative estimate of drug-likeness (QED) is 0.776. The Hall–Kier alpha value is -2.53. The molecule has 0 bridgehead atoms. The largest absolute Gasteiger partial charge is 0.494 e. The zero-order valence-corrected chi connectivity index (χ0v) is 14.3. The number of ether oxygens (including phenoxy) is 2. The summed E-state index contributed by atoms with van der Waals surface area (Å²) >= 11 is 0. The third kappa shape index (κ3) is 4.99. The molecule has 0 aliphatic carbocycles. The van der Waals surface area contributed by atoms with Crippen molar-refractivity contribution in [1.82, 2.24) is 5.32 Å². The second-order valence-corrected chi connectivity index (χ2v) is 5.45. The maximum Gasteiger partial charge on any atom is 0.228 e. The third-order valence-electron chi connectivity index (χ3n) is 3.47. The monoisotopic (exact) mass is 328 g/mol. The van der Waals surface area contributed by atoms with Crippen LogP contribution in [0, 0.1) is 5.92 Å². The molecule has 1 atom stereocenters. The number of benzene rings is 2. The lowest BCUT2D eigenvalue weighted by atomic mass is 10.1. The van der Waals surface area contributed by atoms with Crippen LogP contribution in [0.2, 0.25) is 0 Å². The summed E-state index contributed by atoms with van der Waals surface area (Å²) in [6, 6.07) is 14.8. The molecule has 2 rings (SSSR count). The van der Waals surface area contributed by atoms with Gasteiger partial charge in [0.05, 0.1) is 12.3 Å². The molecule has 128 valence electrons. The molecule has 2 aromatic carbocycles. The van der Waals surface area contributed by atoms with Gasteiger partial charge in [-0.15, -0.1) is 0 Å². The molecule has 0 aromatic heterocycles. The number of anilines is 1. The topological polar surface area (TPSA) is 59.6 Å². The Bertz CT molecular complexity index is 656. The molecular weight excluding hydrogens is 304 g/mol. The average molecular weight is 328 g/mol. The molecule has 5 nitrogen and oxygen atoms in total. The van der Waals surface area contributed by atoms with Crippen molar-refractivity contribution in [3.63, 3.8) is 0 Å². The summed E-state index contributed by atoms with van der Waals surface area (Å²) in [7, 11) is 1.83. The fourth-order valence-corrected chi connectivity index (χ4v) is 2.21. The van der Waals surface area contributed by atoms with Gasteiger partial charge in [-0.25, -0.2) is 0 Å². The van der Waals surface area contributed by atoms with Crippen LogP contribution in [-0.2, 0) is 4.79 Å². The summed E-state index contributed by atoms with van der Waals surface area (Å²) in [5, 5.41) is 5.92. The van der Waals surface area contributed by atoms with Crippen LogP contribution in [0.25, 0.3) is 0 Å². The zero-order chi connectivity index (χ0) is 17.4. The predicted octanol–water partition coefficient (Wildman–Crippen LogP) is 3.67. The van der Waals surface area contributed by atoms with Crippen LogP contribution >= 0.6 is 0 Å². The highest BCUT2D eigenvalue weighted by Gasteiger charge is 2.14. The zero-order valence-electron chi connectivity index (χ0n) is 14.3. The molecule has 2 N–H and O–H groups in total. The van der Waals surface area contributed by atoms with Crippen LogP contribution in [0.3, 0.4) is 0 Å². The Labute approximate surface area is 143 Å². The summed E-state index contributed by atoms with van der Waals surface area (Å²) in [4.78, 5) is 12.2. The van der Waals surface area contributed by atoms with E-state index in [-0.39, 0.29) is 11.8 Å². The number of amides is 1. The minimum atomic E-state index is -0.131.